The lowest BCUT2D eigenvalue weighted by molar-refractivity contribution is 0.454. The summed E-state index contributed by atoms with van der Waals surface area (Å²) in [5.41, 5.74) is 3.18. The molecule has 0 aliphatic heterocycles. The Morgan fingerprint density at radius 2 is 1.22 bits per heavy atom. The van der Waals surface area contributed by atoms with Gasteiger partial charge in [-0.05, 0) is 47.1 Å². The molecule has 0 amide bonds. The van der Waals surface area contributed by atoms with Crippen LogP contribution in [0.3, 0.4) is 0 Å². The first kappa shape index (κ1) is 23.7. The Hall–Kier alpha value is -1.31. The molecule has 1 aromatic rings. The lowest BCUT2D eigenvalue weighted by atomic mass is 9.92. The predicted molar refractivity (Wildman–Crippen MR) is 121 cm³/mol. The number of phenolic OH excluding ortho intramolecular Hbond substituents is 1. The lowest BCUT2D eigenvalue weighted by Gasteiger charge is -2.16. The molecule has 0 aromatic heterocycles. The average molecular weight is 374 g/mol. The van der Waals surface area contributed by atoms with Crippen LogP contribution in [0.5, 0.6) is 5.75 Å². The smallest absolute Gasteiger partial charge is 0.122 e. The van der Waals surface area contributed by atoms with E-state index in [-0.39, 0.29) is 0 Å². The first-order valence-electron chi connectivity index (χ1n) is 11.3. The number of unbranched alkanes of at least 4 members (excludes halogenated alkanes) is 9. The zero-order chi connectivity index (χ0) is 20.1. The molecule has 1 rings (SSSR count). The van der Waals surface area contributed by atoms with E-state index in [1.54, 1.807) is 0 Å². The highest BCUT2D eigenvalue weighted by Gasteiger charge is 2.14. The first-order chi connectivity index (χ1) is 13.0. The van der Waals surface area contributed by atoms with Gasteiger partial charge in [-0.2, -0.15) is 0 Å². The summed E-state index contributed by atoms with van der Waals surface area (Å²) in [6.07, 6.45) is 15.6. The summed E-state index contributed by atoms with van der Waals surface area (Å²) < 4.78 is 0. The van der Waals surface area contributed by atoms with E-state index in [0.717, 1.165) is 23.2 Å². The molecule has 0 fully saturated rings. The minimum Gasteiger partial charge on any atom is -0.507 e. The summed E-state index contributed by atoms with van der Waals surface area (Å²) in [7, 11) is 0. The molecule has 2 heteroatoms. The highest BCUT2D eigenvalue weighted by molar-refractivity contribution is 5.81. The SMILES string of the molecule is CCCCCCCCCCCCN=Cc1cc(C(C)C)c(O)c(C(C)C)c1. The third-order valence-corrected chi connectivity index (χ3v) is 5.32. The van der Waals surface area contributed by atoms with Crippen LogP contribution in [0.15, 0.2) is 17.1 Å². The highest BCUT2D eigenvalue weighted by Crippen LogP contribution is 2.34. The monoisotopic (exact) mass is 373 g/mol. The highest BCUT2D eigenvalue weighted by atomic mass is 16.3. The molecule has 0 aliphatic rings. The summed E-state index contributed by atoms with van der Waals surface area (Å²) in [6, 6.07) is 4.18. The van der Waals surface area contributed by atoms with Crippen LogP contribution in [-0.4, -0.2) is 17.9 Å². The number of hydrogen-bond acceptors (Lipinski definition) is 2. The van der Waals surface area contributed by atoms with Gasteiger partial charge in [0.05, 0.1) is 0 Å². The normalized spacial score (nSPS) is 12.0. The van der Waals surface area contributed by atoms with Crippen molar-refractivity contribution in [3.8, 4) is 5.75 Å². The minimum atomic E-state index is 0.317. The van der Waals surface area contributed by atoms with Crippen LogP contribution in [-0.2, 0) is 0 Å². The maximum Gasteiger partial charge on any atom is 0.122 e. The first-order valence-corrected chi connectivity index (χ1v) is 11.3. The van der Waals surface area contributed by atoms with Crippen LogP contribution >= 0.6 is 0 Å². The summed E-state index contributed by atoms with van der Waals surface area (Å²) in [4.78, 5) is 4.63. The zero-order valence-electron chi connectivity index (χ0n) is 18.6. The third-order valence-electron chi connectivity index (χ3n) is 5.32. The van der Waals surface area contributed by atoms with Crippen molar-refractivity contribution in [1.82, 2.24) is 0 Å². The molecule has 0 atom stereocenters. The summed E-state index contributed by atoms with van der Waals surface area (Å²) in [6.45, 7) is 11.7. The summed E-state index contributed by atoms with van der Waals surface area (Å²) >= 11 is 0. The molecular weight excluding hydrogens is 330 g/mol. The van der Waals surface area contributed by atoms with Gasteiger partial charge in [-0.1, -0.05) is 92.4 Å². The van der Waals surface area contributed by atoms with Crippen molar-refractivity contribution >= 4 is 6.21 Å². The molecule has 1 N–H and O–H groups in total. The van der Waals surface area contributed by atoms with E-state index in [2.05, 4.69) is 51.7 Å². The van der Waals surface area contributed by atoms with Crippen molar-refractivity contribution in [2.24, 2.45) is 4.99 Å². The van der Waals surface area contributed by atoms with Crippen LogP contribution in [0.25, 0.3) is 0 Å². The Morgan fingerprint density at radius 1 is 0.778 bits per heavy atom. The van der Waals surface area contributed by atoms with E-state index in [1.807, 2.05) is 6.21 Å². The van der Waals surface area contributed by atoms with Crippen molar-refractivity contribution in [2.45, 2.75) is 111 Å². The molecule has 2 nitrogen and oxygen atoms in total. The molecule has 0 unspecified atom stereocenters. The van der Waals surface area contributed by atoms with Crippen molar-refractivity contribution in [2.75, 3.05) is 6.54 Å². The molecule has 0 bridgehead atoms. The number of nitrogens with zero attached hydrogens (tertiary/aromatic N) is 1. The number of aromatic hydroxyl groups is 1. The molecule has 0 heterocycles. The molecular formula is C25H43NO. The third kappa shape index (κ3) is 9.44. The number of rotatable bonds is 14. The van der Waals surface area contributed by atoms with Gasteiger partial charge in [0.2, 0.25) is 0 Å². The van der Waals surface area contributed by atoms with Gasteiger partial charge in [-0.3, -0.25) is 4.99 Å². The number of phenols is 1. The van der Waals surface area contributed by atoms with Crippen molar-refractivity contribution < 1.29 is 5.11 Å². The largest absolute Gasteiger partial charge is 0.507 e. The maximum absolute atomic E-state index is 10.5. The Morgan fingerprint density at radius 3 is 1.67 bits per heavy atom. The van der Waals surface area contributed by atoms with Crippen molar-refractivity contribution in [1.29, 1.82) is 0 Å². The van der Waals surface area contributed by atoms with E-state index in [4.69, 9.17) is 0 Å². The molecule has 1 aromatic carbocycles. The summed E-state index contributed by atoms with van der Waals surface area (Å²) in [5, 5.41) is 10.5. The molecule has 0 saturated heterocycles. The fourth-order valence-electron chi connectivity index (χ4n) is 3.52. The standard InChI is InChI=1S/C25H43NO/c1-6-7-8-9-10-11-12-13-14-15-16-26-19-22-17-23(20(2)3)25(27)24(18-22)21(4)5/h17-21,27H,6-16H2,1-5H3. The Kier molecular flexibility index (Phi) is 12.1. The molecule has 0 saturated carbocycles. The number of hydrogen-bond donors (Lipinski definition) is 1. The van der Waals surface area contributed by atoms with Gasteiger partial charge in [-0.15, -0.1) is 0 Å². The fourth-order valence-corrected chi connectivity index (χ4v) is 3.52. The van der Waals surface area contributed by atoms with E-state index in [0.29, 0.717) is 17.6 Å². The summed E-state index contributed by atoms with van der Waals surface area (Å²) in [5.74, 6) is 1.10. The second-order valence-corrected chi connectivity index (χ2v) is 8.57. The van der Waals surface area contributed by atoms with Gasteiger partial charge >= 0.3 is 0 Å². The van der Waals surface area contributed by atoms with Crippen LogP contribution < -0.4 is 0 Å². The molecule has 154 valence electrons. The quantitative estimate of drug-likeness (QED) is 0.260. The topological polar surface area (TPSA) is 32.6 Å². The van der Waals surface area contributed by atoms with E-state index < -0.39 is 0 Å². The van der Waals surface area contributed by atoms with Crippen LogP contribution in [0.1, 0.15) is 127 Å². The van der Waals surface area contributed by atoms with Crippen LogP contribution in [0.4, 0.5) is 0 Å². The Labute approximate surface area is 168 Å². The molecule has 0 aliphatic carbocycles. The second kappa shape index (κ2) is 13.8. The number of benzene rings is 1. The van der Waals surface area contributed by atoms with Gasteiger partial charge in [0.15, 0.2) is 0 Å². The Bertz CT molecular complexity index is 516. The molecule has 0 radical (unpaired) electrons. The van der Waals surface area contributed by atoms with Crippen LogP contribution in [0.2, 0.25) is 0 Å². The van der Waals surface area contributed by atoms with E-state index in [9.17, 15) is 5.11 Å². The maximum atomic E-state index is 10.5. The van der Waals surface area contributed by atoms with Crippen molar-refractivity contribution in [3.63, 3.8) is 0 Å². The van der Waals surface area contributed by atoms with Crippen molar-refractivity contribution in [3.05, 3.63) is 28.8 Å². The number of aliphatic imine (C=N–C) groups is 1. The van der Waals surface area contributed by atoms with Gasteiger partial charge in [0.1, 0.15) is 5.75 Å². The van der Waals surface area contributed by atoms with Gasteiger partial charge in [-0.25, -0.2) is 0 Å². The lowest BCUT2D eigenvalue weighted by Crippen LogP contribution is -1.98. The van der Waals surface area contributed by atoms with E-state index in [1.165, 1.54) is 64.2 Å². The fraction of sp³-hybridized carbons (Fsp3) is 0.720. The van der Waals surface area contributed by atoms with Gasteiger partial charge in [0, 0.05) is 12.8 Å². The molecule has 0 spiro atoms. The Balaban J connectivity index is 2.33. The van der Waals surface area contributed by atoms with Crippen LogP contribution in [0, 0.1) is 0 Å². The second-order valence-electron chi connectivity index (χ2n) is 8.57. The predicted octanol–water partition coefficient (Wildman–Crippen LogP) is 7.98. The average Bonchev–Trinajstić information content (AvgIpc) is 2.63. The molecule has 27 heavy (non-hydrogen) atoms. The van der Waals surface area contributed by atoms with E-state index >= 15 is 0 Å². The van der Waals surface area contributed by atoms with Gasteiger partial charge in [0.25, 0.3) is 0 Å². The zero-order valence-corrected chi connectivity index (χ0v) is 18.6. The van der Waals surface area contributed by atoms with Gasteiger partial charge < -0.3 is 5.11 Å². The minimum absolute atomic E-state index is 0.317.